The van der Waals surface area contributed by atoms with E-state index in [0.29, 0.717) is 12.1 Å². The molecule has 0 fully saturated rings. The summed E-state index contributed by atoms with van der Waals surface area (Å²) >= 11 is 2.14. The molecule has 0 aliphatic heterocycles. The topological polar surface area (TPSA) is 89.3 Å². The lowest BCUT2D eigenvalue weighted by molar-refractivity contribution is 0.0951. The fourth-order valence-corrected chi connectivity index (χ4v) is 2.77. The van der Waals surface area contributed by atoms with Gasteiger partial charge in [-0.25, -0.2) is 13.6 Å². The van der Waals surface area contributed by atoms with E-state index < -0.39 is 10.0 Å². The van der Waals surface area contributed by atoms with Crippen molar-refractivity contribution >= 4 is 38.5 Å². The first kappa shape index (κ1) is 15.9. The Balaban J connectivity index is 2.02. The summed E-state index contributed by atoms with van der Waals surface area (Å²) in [4.78, 5) is 12.0. The van der Waals surface area contributed by atoms with Crippen LogP contribution in [0.4, 0.5) is 0 Å². The fraction of sp³-hybridized carbons (Fsp3) is 0.0714. The molecule has 2 rings (SSSR count). The highest BCUT2D eigenvalue weighted by Gasteiger charge is 2.08. The van der Waals surface area contributed by atoms with Gasteiger partial charge in [0.25, 0.3) is 5.91 Å². The molecule has 1 amide bonds. The van der Waals surface area contributed by atoms with Crippen molar-refractivity contribution in [3.63, 3.8) is 0 Å². The molecule has 0 atom stereocenters. The van der Waals surface area contributed by atoms with Crippen LogP contribution >= 0.6 is 22.6 Å². The third kappa shape index (κ3) is 4.51. The third-order valence-electron chi connectivity index (χ3n) is 2.79. The predicted molar refractivity (Wildman–Crippen MR) is 88.1 cm³/mol. The number of primary sulfonamides is 1. The molecule has 0 saturated heterocycles. The van der Waals surface area contributed by atoms with E-state index in [1.165, 1.54) is 12.1 Å². The first-order valence-corrected chi connectivity index (χ1v) is 8.64. The van der Waals surface area contributed by atoms with Crippen LogP contribution in [-0.2, 0) is 16.6 Å². The van der Waals surface area contributed by atoms with Crippen molar-refractivity contribution in [2.75, 3.05) is 0 Å². The van der Waals surface area contributed by atoms with E-state index in [-0.39, 0.29) is 10.8 Å². The van der Waals surface area contributed by atoms with Crippen LogP contribution in [0.2, 0.25) is 0 Å². The Morgan fingerprint density at radius 1 is 1.14 bits per heavy atom. The van der Waals surface area contributed by atoms with Crippen LogP contribution in [0.5, 0.6) is 0 Å². The van der Waals surface area contributed by atoms with Crippen LogP contribution in [-0.4, -0.2) is 14.3 Å². The molecule has 5 nitrogen and oxygen atoms in total. The summed E-state index contributed by atoms with van der Waals surface area (Å²) in [5, 5.41) is 7.80. The van der Waals surface area contributed by atoms with Crippen molar-refractivity contribution in [1.82, 2.24) is 5.32 Å². The van der Waals surface area contributed by atoms with Crippen LogP contribution in [0.3, 0.4) is 0 Å². The summed E-state index contributed by atoms with van der Waals surface area (Å²) in [6, 6.07) is 13.3. The number of sulfonamides is 1. The first-order chi connectivity index (χ1) is 9.86. The molecule has 0 unspecified atom stereocenters. The largest absolute Gasteiger partial charge is 0.348 e. The monoisotopic (exact) mass is 416 g/mol. The standard InChI is InChI=1S/C14H13IN2O3S/c15-12-3-1-2-11(8-12)14(18)17-9-10-4-6-13(7-5-10)21(16,19)20/h1-8H,9H2,(H,17,18)(H2,16,19,20). The van der Waals surface area contributed by atoms with E-state index in [9.17, 15) is 13.2 Å². The van der Waals surface area contributed by atoms with E-state index in [1.54, 1.807) is 24.3 Å². The van der Waals surface area contributed by atoms with Crippen molar-refractivity contribution in [2.45, 2.75) is 11.4 Å². The van der Waals surface area contributed by atoms with Gasteiger partial charge in [-0.15, -0.1) is 0 Å². The van der Waals surface area contributed by atoms with E-state index in [2.05, 4.69) is 27.9 Å². The van der Waals surface area contributed by atoms with Crippen molar-refractivity contribution < 1.29 is 13.2 Å². The molecule has 0 aliphatic rings. The summed E-state index contributed by atoms with van der Waals surface area (Å²) in [6.07, 6.45) is 0. The van der Waals surface area contributed by atoms with Gasteiger partial charge in [0, 0.05) is 15.7 Å². The molecular weight excluding hydrogens is 403 g/mol. The SMILES string of the molecule is NS(=O)(=O)c1ccc(CNC(=O)c2cccc(I)c2)cc1. The van der Waals surface area contributed by atoms with Crippen molar-refractivity contribution in [3.05, 3.63) is 63.2 Å². The fourth-order valence-electron chi connectivity index (χ4n) is 1.71. The second kappa shape index (κ2) is 6.54. The molecule has 2 aromatic rings. The number of nitrogens with one attached hydrogen (secondary N) is 1. The van der Waals surface area contributed by atoms with Gasteiger partial charge in [-0.2, -0.15) is 0 Å². The zero-order valence-electron chi connectivity index (χ0n) is 10.9. The van der Waals surface area contributed by atoms with Gasteiger partial charge in [0.1, 0.15) is 0 Å². The highest BCUT2D eigenvalue weighted by molar-refractivity contribution is 14.1. The maximum Gasteiger partial charge on any atom is 0.251 e. The molecule has 0 heterocycles. The van der Waals surface area contributed by atoms with Crippen LogP contribution in [0.1, 0.15) is 15.9 Å². The Labute approximate surface area is 136 Å². The smallest absolute Gasteiger partial charge is 0.251 e. The lowest BCUT2D eigenvalue weighted by Crippen LogP contribution is -2.22. The third-order valence-corrected chi connectivity index (χ3v) is 4.39. The van der Waals surface area contributed by atoms with E-state index in [1.807, 2.05) is 12.1 Å². The number of carbonyl (C=O) groups excluding carboxylic acids is 1. The van der Waals surface area contributed by atoms with E-state index in [0.717, 1.165) is 9.13 Å². The summed E-state index contributed by atoms with van der Waals surface area (Å²) in [7, 11) is -3.69. The second-order valence-electron chi connectivity index (χ2n) is 4.38. The van der Waals surface area contributed by atoms with Gasteiger partial charge in [-0.1, -0.05) is 18.2 Å². The van der Waals surface area contributed by atoms with Crippen LogP contribution in [0.25, 0.3) is 0 Å². The number of amides is 1. The number of benzene rings is 2. The minimum atomic E-state index is -3.69. The average Bonchev–Trinajstić information content (AvgIpc) is 2.44. The molecular formula is C14H13IN2O3S. The summed E-state index contributed by atoms with van der Waals surface area (Å²) in [5.74, 6) is -0.177. The molecule has 0 saturated carbocycles. The zero-order valence-corrected chi connectivity index (χ0v) is 13.9. The molecule has 0 radical (unpaired) electrons. The Hall–Kier alpha value is -1.45. The quantitative estimate of drug-likeness (QED) is 0.746. The van der Waals surface area contributed by atoms with Gasteiger partial charge in [-0.3, -0.25) is 4.79 Å². The van der Waals surface area contributed by atoms with Crippen molar-refractivity contribution in [2.24, 2.45) is 5.14 Å². The maximum atomic E-state index is 12.0. The Morgan fingerprint density at radius 3 is 2.38 bits per heavy atom. The minimum absolute atomic E-state index is 0.0511. The molecule has 0 aromatic heterocycles. The van der Waals surface area contributed by atoms with Crippen LogP contribution < -0.4 is 10.5 Å². The molecule has 110 valence electrons. The Morgan fingerprint density at radius 2 is 1.81 bits per heavy atom. The first-order valence-electron chi connectivity index (χ1n) is 6.02. The van der Waals surface area contributed by atoms with Crippen molar-refractivity contribution in [3.8, 4) is 0 Å². The Kier molecular flexibility index (Phi) is 4.96. The average molecular weight is 416 g/mol. The summed E-state index contributed by atoms with van der Waals surface area (Å²) in [5.41, 5.74) is 1.38. The number of rotatable bonds is 4. The van der Waals surface area contributed by atoms with Crippen LogP contribution in [0.15, 0.2) is 53.4 Å². The Bertz CT molecular complexity index is 758. The molecule has 0 spiro atoms. The maximum absolute atomic E-state index is 12.0. The van der Waals surface area contributed by atoms with Gasteiger partial charge in [0.05, 0.1) is 4.90 Å². The van der Waals surface area contributed by atoms with Gasteiger partial charge in [-0.05, 0) is 58.5 Å². The summed E-state index contributed by atoms with van der Waals surface area (Å²) < 4.78 is 23.3. The molecule has 7 heteroatoms. The van der Waals surface area contributed by atoms with Crippen LogP contribution in [0, 0.1) is 3.57 Å². The van der Waals surface area contributed by atoms with E-state index in [4.69, 9.17) is 5.14 Å². The van der Waals surface area contributed by atoms with Gasteiger partial charge in [0.15, 0.2) is 0 Å². The lowest BCUT2D eigenvalue weighted by Gasteiger charge is -2.06. The van der Waals surface area contributed by atoms with Crippen molar-refractivity contribution in [1.29, 1.82) is 0 Å². The zero-order chi connectivity index (χ0) is 15.5. The molecule has 21 heavy (non-hydrogen) atoms. The normalized spacial score (nSPS) is 11.1. The number of nitrogens with two attached hydrogens (primary N) is 1. The molecule has 3 N–H and O–H groups in total. The number of hydrogen-bond donors (Lipinski definition) is 2. The number of hydrogen-bond acceptors (Lipinski definition) is 3. The highest BCUT2D eigenvalue weighted by atomic mass is 127. The van der Waals surface area contributed by atoms with Gasteiger partial charge in [0.2, 0.25) is 10.0 Å². The summed E-state index contributed by atoms with van der Waals surface area (Å²) in [6.45, 7) is 0.315. The molecule has 2 aromatic carbocycles. The second-order valence-corrected chi connectivity index (χ2v) is 7.19. The van der Waals surface area contributed by atoms with Gasteiger partial charge < -0.3 is 5.32 Å². The lowest BCUT2D eigenvalue weighted by atomic mass is 10.2. The number of carbonyl (C=O) groups is 1. The number of halogens is 1. The highest BCUT2D eigenvalue weighted by Crippen LogP contribution is 2.10. The predicted octanol–water partition coefficient (Wildman–Crippen LogP) is 1.87. The molecule has 0 bridgehead atoms. The van der Waals surface area contributed by atoms with E-state index >= 15 is 0 Å². The molecule has 0 aliphatic carbocycles. The minimum Gasteiger partial charge on any atom is -0.348 e. The van der Waals surface area contributed by atoms with Gasteiger partial charge >= 0.3 is 0 Å².